The van der Waals surface area contributed by atoms with Gasteiger partial charge in [-0.2, -0.15) is 0 Å². The molecule has 0 aliphatic carbocycles. The first-order valence-electron chi connectivity index (χ1n) is 7.19. The van der Waals surface area contributed by atoms with E-state index in [4.69, 9.17) is 16.7 Å². The van der Waals surface area contributed by atoms with Gasteiger partial charge in [-0.15, -0.1) is 0 Å². The molecule has 0 aliphatic heterocycles. The lowest BCUT2D eigenvalue weighted by molar-refractivity contribution is -0.140. The Kier molecular flexibility index (Phi) is 6.86. The summed E-state index contributed by atoms with van der Waals surface area (Å²) in [6.45, 7) is 7.34. The van der Waals surface area contributed by atoms with Crippen LogP contribution in [0.25, 0.3) is 0 Å². The molecule has 0 heterocycles. The number of hydrogen-bond donors (Lipinski definition) is 1. The van der Waals surface area contributed by atoms with Crippen LogP contribution in [0, 0.1) is 12.8 Å². The number of carbonyl (C=O) groups is 1. The molecule has 1 atom stereocenters. The molecule has 0 bridgehead atoms. The second-order valence-corrected chi connectivity index (χ2v) is 5.76. The minimum Gasteiger partial charge on any atom is -0.481 e. The van der Waals surface area contributed by atoms with E-state index in [9.17, 15) is 4.79 Å². The number of hydrogen-bond acceptors (Lipinski definition) is 2. The molecule has 1 rings (SSSR count). The lowest BCUT2D eigenvalue weighted by Gasteiger charge is -2.28. The third-order valence-electron chi connectivity index (χ3n) is 3.45. The molecule has 1 aromatic carbocycles. The number of benzene rings is 1. The summed E-state index contributed by atoms with van der Waals surface area (Å²) in [6.07, 6.45) is 3.39. The molecule has 0 saturated heterocycles. The van der Waals surface area contributed by atoms with Crippen LogP contribution < -0.4 is 4.90 Å². The van der Waals surface area contributed by atoms with Crippen LogP contribution in [0.15, 0.2) is 18.2 Å². The van der Waals surface area contributed by atoms with Crippen molar-refractivity contribution in [3.05, 3.63) is 28.8 Å². The monoisotopic (exact) mass is 297 g/mol. The lowest BCUT2D eigenvalue weighted by Crippen LogP contribution is -2.33. The van der Waals surface area contributed by atoms with Gasteiger partial charge in [0.1, 0.15) is 0 Å². The van der Waals surface area contributed by atoms with Crippen LogP contribution in [0.3, 0.4) is 0 Å². The van der Waals surface area contributed by atoms with Crippen molar-refractivity contribution in [1.29, 1.82) is 0 Å². The molecule has 20 heavy (non-hydrogen) atoms. The summed E-state index contributed by atoms with van der Waals surface area (Å²) < 4.78 is 0. The van der Waals surface area contributed by atoms with Crippen molar-refractivity contribution >= 4 is 23.3 Å². The molecule has 0 saturated carbocycles. The number of aliphatic carboxylic acids is 1. The van der Waals surface area contributed by atoms with E-state index in [1.54, 1.807) is 6.92 Å². The molecule has 3 nitrogen and oxygen atoms in total. The van der Waals surface area contributed by atoms with E-state index >= 15 is 0 Å². The first-order chi connectivity index (χ1) is 9.45. The van der Waals surface area contributed by atoms with Crippen LogP contribution in [0.4, 0.5) is 5.69 Å². The number of unbranched alkanes of at least 4 members (excludes halogenated alkanes) is 2. The summed E-state index contributed by atoms with van der Waals surface area (Å²) in [6, 6.07) is 5.77. The second kappa shape index (κ2) is 8.15. The third kappa shape index (κ3) is 5.04. The average Bonchev–Trinajstić information content (AvgIpc) is 2.37. The molecular formula is C16H24ClNO2. The van der Waals surface area contributed by atoms with Crippen molar-refractivity contribution in [3.8, 4) is 0 Å². The van der Waals surface area contributed by atoms with Gasteiger partial charge in [0, 0.05) is 23.8 Å². The van der Waals surface area contributed by atoms with E-state index in [-0.39, 0.29) is 5.92 Å². The van der Waals surface area contributed by atoms with Crippen molar-refractivity contribution in [2.45, 2.75) is 40.0 Å². The summed E-state index contributed by atoms with van der Waals surface area (Å²) in [5, 5.41) is 9.83. The van der Waals surface area contributed by atoms with Gasteiger partial charge in [-0.1, -0.05) is 38.3 Å². The maximum absolute atomic E-state index is 11.1. The van der Waals surface area contributed by atoms with E-state index < -0.39 is 5.97 Å². The highest BCUT2D eigenvalue weighted by Gasteiger charge is 2.17. The van der Waals surface area contributed by atoms with Crippen molar-refractivity contribution < 1.29 is 9.90 Å². The predicted octanol–water partition coefficient (Wildman–Crippen LogP) is 4.37. The van der Waals surface area contributed by atoms with E-state index in [0.717, 1.165) is 37.1 Å². The number of halogens is 1. The topological polar surface area (TPSA) is 40.5 Å². The molecule has 1 aromatic rings. The molecule has 0 amide bonds. The molecule has 4 heteroatoms. The van der Waals surface area contributed by atoms with Crippen LogP contribution in [0.5, 0.6) is 0 Å². The molecule has 0 spiro atoms. The highest BCUT2D eigenvalue weighted by Crippen LogP contribution is 2.25. The van der Waals surface area contributed by atoms with Gasteiger partial charge < -0.3 is 10.0 Å². The van der Waals surface area contributed by atoms with Gasteiger partial charge in [0.25, 0.3) is 0 Å². The van der Waals surface area contributed by atoms with Crippen LogP contribution in [-0.4, -0.2) is 24.2 Å². The van der Waals surface area contributed by atoms with Crippen LogP contribution in [0.1, 0.15) is 38.7 Å². The smallest absolute Gasteiger partial charge is 0.308 e. The SMILES string of the molecule is CCCCCN(CC(C)C(=O)O)c1ccc(Cl)cc1C. The fourth-order valence-corrected chi connectivity index (χ4v) is 2.47. The zero-order valence-corrected chi connectivity index (χ0v) is 13.3. The van der Waals surface area contributed by atoms with Gasteiger partial charge in [0.2, 0.25) is 0 Å². The van der Waals surface area contributed by atoms with Gasteiger partial charge in [-0.25, -0.2) is 0 Å². The summed E-state index contributed by atoms with van der Waals surface area (Å²) in [5.41, 5.74) is 2.17. The number of anilines is 1. The molecule has 0 aromatic heterocycles. The Morgan fingerprint density at radius 2 is 2.10 bits per heavy atom. The first-order valence-corrected chi connectivity index (χ1v) is 7.57. The predicted molar refractivity (Wildman–Crippen MR) is 84.7 cm³/mol. The Balaban J connectivity index is 2.87. The molecular weight excluding hydrogens is 274 g/mol. The quantitative estimate of drug-likeness (QED) is 0.725. The maximum atomic E-state index is 11.1. The van der Waals surface area contributed by atoms with Gasteiger partial charge in [-0.05, 0) is 37.1 Å². The van der Waals surface area contributed by atoms with Crippen molar-refractivity contribution in [3.63, 3.8) is 0 Å². The fourth-order valence-electron chi connectivity index (χ4n) is 2.25. The first kappa shape index (κ1) is 16.8. The summed E-state index contributed by atoms with van der Waals surface area (Å²) in [4.78, 5) is 13.3. The Morgan fingerprint density at radius 3 is 2.65 bits per heavy atom. The second-order valence-electron chi connectivity index (χ2n) is 5.32. The van der Waals surface area contributed by atoms with Crippen LogP contribution in [-0.2, 0) is 4.79 Å². The van der Waals surface area contributed by atoms with E-state index in [1.165, 1.54) is 0 Å². The molecule has 0 radical (unpaired) electrons. The Labute approximate surface area is 126 Å². The van der Waals surface area contributed by atoms with Crippen molar-refractivity contribution in [2.75, 3.05) is 18.0 Å². The zero-order valence-electron chi connectivity index (χ0n) is 12.5. The summed E-state index contributed by atoms with van der Waals surface area (Å²) in [5.74, 6) is -1.14. The molecule has 0 fully saturated rings. The third-order valence-corrected chi connectivity index (χ3v) is 3.68. The molecule has 112 valence electrons. The lowest BCUT2D eigenvalue weighted by atomic mass is 10.1. The standard InChI is InChI=1S/C16H24ClNO2/c1-4-5-6-9-18(11-13(3)16(19)20)15-8-7-14(17)10-12(15)2/h7-8,10,13H,4-6,9,11H2,1-3H3,(H,19,20). The largest absolute Gasteiger partial charge is 0.481 e. The summed E-state index contributed by atoms with van der Waals surface area (Å²) >= 11 is 5.99. The highest BCUT2D eigenvalue weighted by molar-refractivity contribution is 6.30. The van der Waals surface area contributed by atoms with Gasteiger partial charge in [-0.3, -0.25) is 4.79 Å². The van der Waals surface area contributed by atoms with Crippen molar-refractivity contribution in [2.24, 2.45) is 5.92 Å². The normalized spacial score (nSPS) is 12.2. The number of rotatable bonds is 8. The Hall–Kier alpha value is -1.22. The van der Waals surface area contributed by atoms with E-state index in [2.05, 4.69) is 11.8 Å². The van der Waals surface area contributed by atoms with Gasteiger partial charge in [0.15, 0.2) is 0 Å². The maximum Gasteiger partial charge on any atom is 0.308 e. The zero-order chi connectivity index (χ0) is 15.1. The Bertz CT molecular complexity index is 448. The summed E-state index contributed by atoms with van der Waals surface area (Å²) in [7, 11) is 0. The molecule has 1 N–H and O–H groups in total. The van der Waals surface area contributed by atoms with E-state index in [0.29, 0.717) is 11.6 Å². The van der Waals surface area contributed by atoms with Gasteiger partial charge in [0.05, 0.1) is 5.92 Å². The molecule has 0 aliphatic rings. The molecule has 1 unspecified atom stereocenters. The van der Waals surface area contributed by atoms with Crippen LogP contribution >= 0.6 is 11.6 Å². The van der Waals surface area contributed by atoms with E-state index in [1.807, 2.05) is 25.1 Å². The van der Waals surface area contributed by atoms with Crippen LogP contribution in [0.2, 0.25) is 5.02 Å². The number of carboxylic acid groups (broad SMARTS) is 1. The minimum absolute atomic E-state index is 0.383. The van der Waals surface area contributed by atoms with Gasteiger partial charge >= 0.3 is 5.97 Å². The average molecular weight is 298 g/mol. The highest BCUT2D eigenvalue weighted by atomic mass is 35.5. The number of aryl methyl sites for hydroxylation is 1. The van der Waals surface area contributed by atoms with Crippen molar-refractivity contribution in [1.82, 2.24) is 0 Å². The minimum atomic E-state index is -0.753. The number of carboxylic acids is 1. The fraction of sp³-hybridized carbons (Fsp3) is 0.562. The Morgan fingerprint density at radius 1 is 1.40 bits per heavy atom. The number of nitrogens with zero attached hydrogens (tertiary/aromatic N) is 1.